The molecule has 0 saturated carbocycles. The molecule has 15 heavy (non-hydrogen) atoms. The zero-order valence-corrected chi connectivity index (χ0v) is 8.02. The van der Waals surface area contributed by atoms with Crippen LogP contribution in [0.25, 0.3) is 0 Å². The Kier molecular flexibility index (Phi) is 5.24. The summed E-state index contributed by atoms with van der Waals surface area (Å²) >= 11 is 0. The maximum absolute atomic E-state index is 12.0. The van der Waals surface area contributed by atoms with Gasteiger partial charge in [-0.25, -0.2) is 4.79 Å². The molecule has 0 amide bonds. The van der Waals surface area contributed by atoms with Gasteiger partial charge in [0.2, 0.25) is 0 Å². The smallest absolute Gasteiger partial charge is 0.393 e. The van der Waals surface area contributed by atoms with Crippen LogP contribution in [0.4, 0.5) is 13.2 Å². The molecule has 0 N–H and O–H groups in total. The quantitative estimate of drug-likeness (QED) is 0.307. The number of methoxy groups -OCH3 is 1. The number of hydrogen-bond acceptors (Lipinski definition) is 2. The summed E-state index contributed by atoms with van der Waals surface area (Å²) in [5.74, 6) is 3.10. The number of carbonyl (C=O) groups is 1. The van der Waals surface area contributed by atoms with Crippen LogP contribution in [0.1, 0.15) is 6.42 Å². The van der Waals surface area contributed by atoms with Gasteiger partial charge in [-0.05, 0) is 0 Å². The molecule has 0 heterocycles. The van der Waals surface area contributed by atoms with Crippen LogP contribution in [0.3, 0.4) is 0 Å². The lowest BCUT2D eigenvalue weighted by molar-refractivity contribution is -0.134. The molecule has 0 aliphatic heterocycles. The third-order valence-electron chi connectivity index (χ3n) is 1.22. The van der Waals surface area contributed by atoms with Gasteiger partial charge in [0.25, 0.3) is 0 Å². The van der Waals surface area contributed by atoms with Crippen molar-refractivity contribution in [3.8, 4) is 11.8 Å². The van der Waals surface area contributed by atoms with Crippen molar-refractivity contribution >= 4 is 5.97 Å². The zero-order chi connectivity index (χ0) is 11.9. The summed E-state index contributed by atoms with van der Waals surface area (Å²) in [5, 5.41) is 0. The lowest BCUT2D eigenvalue weighted by atomic mass is 10.1. The Morgan fingerprint density at radius 2 is 2.07 bits per heavy atom. The minimum Gasteiger partial charge on any atom is -0.459 e. The van der Waals surface area contributed by atoms with Crippen molar-refractivity contribution in [1.29, 1.82) is 0 Å². The van der Waals surface area contributed by atoms with Crippen LogP contribution in [-0.2, 0) is 9.53 Å². The fraction of sp³-hybridized carbons (Fsp3) is 0.300. The Morgan fingerprint density at radius 1 is 1.47 bits per heavy atom. The van der Waals surface area contributed by atoms with E-state index in [0.717, 1.165) is 13.2 Å². The second-order valence-electron chi connectivity index (χ2n) is 2.46. The van der Waals surface area contributed by atoms with Crippen molar-refractivity contribution in [2.45, 2.75) is 12.6 Å². The van der Waals surface area contributed by atoms with E-state index in [1.807, 2.05) is 5.92 Å². The molecule has 0 aromatic rings. The van der Waals surface area contributed by atoms with Gasteiger partial charge in [-0.3, -0.25) is 0 Å². The molecule has 2 nitrogen and oxygen atoms in total. The van der Waals surface area contributed by atoms with Crippen LogP contribution in [0, 0.1) is 11.8 Å². The van der Waals surface area contributed by atoms with Crippen LogP contribution < -0.4 is 0 Å². The number of esters is 1. The third kappa shape index (κ3) is 7.38. The van der Waals surface area contributed by atoms with E-state index in [-0.39, 0.29) is 5.57 Å². The van der Waals surface area contributed by atoms with Gasteiger partial charge < -0.3 is 4.74 Å². The van der Waals surface area contributed by atoms with E-state index >= 15 is 0 Å². The van der Waals surface area contributed by atoms with Crippen LogP contribution in [0.2, 0.25) is 0 Å². The second kappa shape index (κ2) is 5.91. The summed E-state index contributed by atoms with van der Waals surface area (Å²) < 4.78 is 40.1. The number of alkyl halides is 3. The minimum absolute atomic E-state index is 0.233. The van der Waals surface area contributed by atoms with Gasteiger partial charge in [0.05, 0.1) is 13.5 Å². The molecule has 0 aromatic heterocycles. The van der Waals surface area contributed by atoms with Gasteiger partial charge >= 0.3 is 12.1 Å². The first-order valence-corrected chi connectivity index (χ1v) is 3.87. The first kappa shape index (κ1) is 13.3. The lowest BCUT2D eigenvalue weighted by Gasteiger charge is -2.04. The molecule has 0 rings (SSSR count). The number of allylic oxidation sites excluding steroid dienone is 3. The molecule has 0 fully saturated rings. The van der Waals surface area contributed by atoms with Crippen molar-refractivity contribution in [1.82, 2.24) is 0 Å². The fourth-order valence-corrected chi connectivity index (χ4v) is 0.685. The minimum atomic E-state index is -4.36. The molecule has 0 radical (unpaired) electrons. The van der Waals surface area contributed by atoms with Gasteiger partial charge in [-0.2, -0.15) is 13.2 Å². The standard InChI is InChI=1S/C10H9F3O2/c1-3-4-8(7-10(11,12)13)5-6-9(14)15-2/h3-4H,1,7H2,2H3/b8-4-. The van der Waals surface area contributed by atoms with Crippen LogP contribution in [0.5, 0.6) is 0 Å². The van der Waals surface area contributed by atoms with E-state index in [0.29, 0.717) is 0 Å². The summed E-state index contributed by atoms with van der Waals surface area (Å²) in [7, 11) is 1.09. The summed E-state index contributed by atoms with van der Waals surface area (Å²) in [6.07, 6.45) is -3.28. The second-order valence-corrected chi connectivity index (χ2v) is 2.46. The zero-order valence-electron chi connectivity index (χ0n) is 8.02. The Hall–Kier alpha value is -1.70. The van der Waals surface area contributed by atoms with Gasteiger partial charge in [-0.1, -0.05) is 24.7 Å². The number of halogens is 3. The average molecular weight is 218 g/mol. The van der Waals surface area contributed by atoms with Crippen LogP contribution in [0.15, 0.2) is 24.3 Å². The maximum atomic E-state index is 12.0. The predicted molar refractivity (Wildman–Crippen MR) is 48.7 cm³/mol. The first-order valence-electron chi connectivity index (χ1n) is 3.87. The van der Waals surface area contributed by atoms with E-state index in [9.17, 15) is 18.0 Å². The average Bonchev–Trinajstić information content (AvgIpc) is 2.11. The predicted octanol–water partition coefficient (Wildman–Crippen LogP) is 2.23. The van der Waals surface area contributed by atoms with Crippen molar-refractivity contribution in [2.24, 2.45) is 0 Å². The Labute approximate surface area is 85.4 Å². The largest absolute Gasteiger partial charge is 0.459 e. The highest BCUT2D eigenvalue weighted by atomic mass is 19.4. The molecular formula is C10H9F3O2. The fourth-order valence-electron chi connectivity index (χ4n) is 0.685. The number of rotatable bonds is 2. The normalized spacial score (nSPS) is 11.3. The molecule has 0 atom stereocenters. The maximum Gasteiger partial charge on any atom is 0.393 e. The van der Waals surface area contributed by atoms with Crippen molar-refractivity contribution < 1.29 is 22.7 Å². The van der Waals surface area contributed by atoms with Gasteiger partial charge in [-0.15, -0.1) is 0 Å². The van der Waals surface area contributed by atoms with Crippen molar-refractivity contribution in [3.05, 3.63) is 24.3 Å². The molecule has 0 aromatic carbocycles. The first-order chi connectivity index (χ1) is 6.89. The Balaban J connectivity index is 4.68. The van der Waals surface area contributed by atoms with Crippen molar-refractivity contribution in [3.63, 3.8) is 0 Å². The van der Waals surface area contributed by atoms with E-state index in [1.54, 1.807) is 0 Å². The summed E-state index contributed by atoms with van der Waals surface area (Å²) in [5.41, 5.74) is -0.233. The summed E-state index contributed by atoms with van der Waals surface area (Å²) in [6, 6.07) is 0. The molecule has 0 bridgehead atoms. The lowest BCUT2D eigenvalue weighted by Crippen LogP contribution is -2.08. The molecule has 0 aliphatic carbocycles. The van der Waals surface area contributed by atoms with Gasteiger partial charge in [0.1, 0.15) is 0 Å². The molecule has 0 aliphatic rings. The summed E-state index contributed by atoms with van der Waals surface area (Å²) in [6.45, 7) is 3.25. The Morgan fingerprint density at radius 3 is 2.47 bits per heavy atom. The highest BCUT2D eigenvalue weighted by Crippen LogP contribution is 2.23. The SMILES string of the molecule is C=C/C=C(/C#CC(=O)OC)CC(F)(F)F. The molecule has 82 valence electrons. The van der Waals surface area contributed by atoms with Crippen LogP contribution in [-0.4, -0.2) is 19.3 Å². The highest BCUT2D eigenvalue weighted by molar-refractivity contribution is 5.88. The van der Waals surface area contributed by atoms with E-state index in [1.165, 1.54) is 6.08 Å². The highest BCUT2D eigenvalue weighted by Gasteiger charge is 2.28. The Bertz CT molecular complexity index is 329. The monoisotopic (exact) mass is 218 g/mol. The van der Waals surface area contributed by atoms with E-state index in [4.69, 9.17) is 0 Å². The molecular weight excluding hydrogens is 209 g/mol. The third-order valence-corrected chi connectivity index (χ3v) is 1.22. The molecule has 0 spiro atoms. The van der Waals surface area contributed by atoms with E-state index < -0.39 is 18.6 Å². The van der Waals surface area contributed by atoms with Gasteiger partial charge in [0, 0.05) is 11.5 Å². The van der Waals surface area contributed by atoms with Crippen LogP contribution >= 0.6 is 0 Å². The molecule has 0 saturated heterocycles. The topological polar surface area (TPSA) is 26.3 Å². The van der Waals surface area contributed by atoms with E-state index in [2.05, 4.69) is 17.2 Å². The molecule has 0 unspecified atom stereocenters. The van der Waals surface area contributed by atoms with Crippen molar-refractivity contribution in [2.75, 3.05) is 7.11 Å². The number of carbonyl (C=O) groups excluding carboxylic acids is 1. The molecule has 5 heteroatoms. The van der Waals surface area contributed by atoms with Gasteiger partial charge in [0.15, 0.2) is 0 Å². The number of hydrogen-bond donors (Lipinski definition) is 0. The number of ether oxygens (including phenoxy) is 1. The summed E-state index contributed by atoms with van der Waals surface area (Å²) in [4.78, 5) is 10.6.